The van der Waals surface area contributed by atoms with E-state index in [4.69, 9.17) is 4.52 Å². The molecule has 1 saturated carbocycles. The van der Waals surface area contributed by atoms with Gasteiger partial charge in [0.05, 0.1) is 17.1 Å². The number of anilines is 1. The molecule has 0 bridgehead atoms. The Morgan fingerprint density at radius 2 is 1.76 bits per heavy atom. The van der Waals surface area contributed by atoms with Gasteiger partial charge in [0, 0.05) is 24.9 Å². The molecule has 4 rings (SSSR count). The average molecular weight is 350 g/mol. The van der Waals surface area contributed by atoms with Gasteiger partial charge in [0.15, 0.2) is 17.5 Å². The molecule has 2 aliphatic rings. The van der Waals surface area contributed by atoms with E-state index in [0.717, 1.165) is 25.0 Å². The Labute approximate surface area is 141 Å². The minimum atomic E-state index is -0.916. The molecule has 0 amide bonds. The minimum absolute atomic E-state index is 0.0941. The summed E-state index contributed by atoms with van der Waals surface area (Å²) < 4.78 is 33.6. The number of non-ortho nitro benzene ring substituents is 1. The topological polar surface area (TPSA) is 85.3 Å². The van der Waals surface area contributed by atoms with Crippen molar-refractivity contribution < 1.29 is 18.2 Å². The first-order valence-electron chi connectivity index (χ1n) is 8.25. The van der Waals surface area contributed by atoms with Crippen LogP contribution in [0.4, 0.5) is 20.2 Å². The van der Waals surface area contributed by atoms with Crippen LogP contribution in [0.3, 0.4) is 0 Å². The highest BCUT2D eigenvalue weighted by molar-refractivity contribution is 5.54. The van der Waals surface area contributed by atoms with Gasteiger partial charge in [-0.1, -0.05) is 5.16 Å². The number of benzene rings is 1. The van der Waals surface area contributed by atoms with E-state index in [9.17, 15) is 18.9 Å². The maximum Gasteiger partial charge on any atom is 0.275 e. The Morgan fingerprint density at radius 3 is 2.32 bits per heavy atom. The van der Waals surface area contributed by atoms with Crippen molar-refractivity contribution in [3.8, 4) is 0 Å². The van der Waals surface area contributed by atoms with Crippen LogP contribution in [0.1, 0.15) is 49.2 Å². The van der Waals surface area contributed by atoms with E-state index in [1.54, 1.807) is 4.90 Å². The van der Waals surface area contributed by atoms with E-state index in [1.165, 1.54) is 0 Å². The molecule has 9 heteroatoms. The van der Waals surface area contributed by atoms with Gasteiger partial charge in [-0.25, -0.2) is 8.78 Å². The molecule has 0 atom stereocenters. The fraction of sp³-hybridized carbons (Fsp3) is 0.500. The van der Waals surface area contributed by atoms with Crippen LogP contribution < -0.4 is 4.90 Å². The Hall–Kier alpha value is -2.58. The van der Waals surface area contributed by atoms with E-state index in [2.05, 4.69) is 10.1 Å². The lowest BCUT2D eigenvalue weighted by molar-refractivity contribution is -0.385. The lowest BCUT2D eigenvalue weighted by Crippen LogP contribution is -2.34. The van der Waals surface area contributed by atoms with E-state index in [0.29, 0.717) is 43.6 Å². The van der Waals surface area contributed by atoms with Gasteiger partial charge in [-0.15, -0.1) is 0 Å². The standard InChI is InChI=1S/C16H16F2N4O3/c17-12-7-11(22(23)24)8-13(18)14(12)21-5-3-9(4-6-21)15-19-16(25-20-15)10-1-2-10/h7-10H,1-6H2. The lowest BCUT2D eigenvalue weighted by Gasteiger charge is -2.32. The van der Waals surface area contributed by atoms with Crippen LogP contribution in [0.5, 0.6) is 0 Å². The minimum Gasteiger partial charge on any atom is -0.367 e. The van der Waals surface area contributed by atoms with Crippen LogP contribution in [0, 0.1) is 21.7 Å². The molecule has 2 fully saturated rings. The summed E-state index contributed by atoms with van der Waals surface area (Å²) in [6.45, 7) is 0.841. The van der Waals surface area contributed by atoms with Crippen molar-refractivity contribution in [3.05, 3.63) is 45.6 Å². The highest BCUT2D eigenvalue weighted by Gasteiger charge is 2.32. The quantitative estimate of drug-likeness (QED) is 0.619. The monoisotopic (exact) mass is 350 g/mol. The van der Waals surface area contributed by atoms with Crippen LogP contribution in [0.25, 0.3) is 0 Å². The third-order valence-electron chi connectivity index (χ3n) is 4.77. The lowest BCUT2D eigenvalue weighted by atomic mass is 9.95. The molecule has 0 N–H and O–H groups in total. The molecule has 2 aromatic rings. The van der Waals surface area contributed by atoms with Crippen LogP contribution in [-0.4, -0.2) is 28.2 Å². The number of nitro benzene ring substituents is 1. The van der Waals surface area contributed by atoms with Crippen molar-refractivity contribution in [3.63, 3.8) is 0 Å². The zero-order valence-corrected chi connectivity index (χ0v) is 13.3. The van der Waals surface area contributed by atoms with Crippen molar-refractivity contribution in [2.75, 3.05) is 18.0 Å². The first-order valence-corrected chi connectivity index (χ1v) is 8.25. The van der Waals surface area contributed by atoms with Gasteiger partial charge < -0.3 is 9.42 Å². The zero-order valence-electron chi connectivity index (χ0n) is 13.3. The average Bonchev–Trinajstić information content (AvgIpc) is 3.32. The third-order valence-corrected chi connectivity index (χ3v) is 4.77. The molecule has 132 valence electrons. The van der Waals surface area contributed by atoms with Gasteiger partial charge in [0.1, 0.15) is 5.69 Å². The number of nitro groups is 1. The predicted molar refractivity (Wildman–Crippen MR) is 83.5 cm³/mol. The van der Waals surface area contributed by atoms with Crippen molar-refractivity contribution in [1.82, 2.24) is 10.1 Å². The summed E-state index contributed by atoms with van der Waals surface area (Å²) in [5.74, 6) is -0.00106. The van der Waals surface area contributed by atoms with Gasteiger partial charge >= 0.3 is 0 Å². The van der Waals surface area contributed by atoms with Gasteiger partial charge in [0.25, 0.3) is 5.69 Å². The molecular weight excluding hydrogens is 334 g/mol. The summed E-state index contributed by atoms with van der Waals surface area (Å²) in [7, 11) is 0. The van der Waals surface area contributed by atoms with Crippen LogP contribution in [0.2, 0.25) is 0 Å². The van der Waals surface area contributed by atoms with Crippen LogP contribution in [0.15, 0.2) is 16.7 Å². The summed E-state index contributed by atoms with van der Waals surface area (Å²) in [4.78, 5) is 15.9. The number of hydrogen-bond donors (Lipinski definition) is 0. The molecule has 1 aliphatic heterocycles. The fourth-order valence-electron chi connectivity index (χ4n) is 3.23. The van der Waals surface area contributed by atoms with Gasteiger partial charge in [-0.3, -0.25) is 10.1 Å². The second-order valence-electron chi connectivity index (χ2n) is 6.54. The maximum atomic E-state index is 14.1. The number of hydrogen-bond acceptors (Lipinski definition) is 6. The molecule has 1 aromatic carbocycles. The Balaban J connectivity index is 1.47. The molecule has 1 saturated heterocycles. The summed E-state index contributed by atoms with van der Waals surface area (Å²) >= 11 is 0. The van der Waals surface area contributed by atoms with Crippen molar-refractivity contribution in [2.45, 2.75) is 37.5 Å². The molecule has 7 nitrogen and oxygen atoms in total. The van der Waals surface area contributed by atoms with Gasteiger partial charge in [-0.05, 0) is 25.7 Å². The van der Waals surface area contributed by atoms with Crippen molar-refractivity contribution in [1.29, 1.82) is 0 Å². The summed E-state index contributed by atoms with van der Waals surface area (Å²) in [6.07, 6.45) is 3.44. The first kappa shape index (κ1) is 15.9. The Kier molecular flexibility index (Phi) is 3.85. The van der Waals surface area contributed by atoms with E-state index >= 15 is 0 Å². The highest BCUT2D eigenvalue weighted by atomic mass is 19.1. The number of nitrogens with zero attached hydrogens (tertiary/aromatic N) is 4. The normalized spacial score (nSPS) is 18.6. The molecule has 2 heterocycles. The van der Waals surface area contributed by atoms with Crippen molar-refractivity contribution >= 4 is 11.4 Å². The SMILES string of the molecule is O=[N+]([O-])c1cc(F)c(N2CCC(c3noc(C4CC4)n3)CC2)c(F)c1. The second kappa shape index (κ2) is 6.05. The fourth-order valence-corrected chi connectivity index (χ4v) is 3.23. The van der Waals surface area contributed by atoms with Crippen LogP contribution >= 0.6 is 0 Å². The Morgan fingerprint density at radius 1 is 1.12 bits per heavy atom. The molecule has 1 aliphatic carbocycles. The summed E-state index contributed by atoms with van der Waals surface area (Å²) in [5, 5.41) is 14.7. The highest BCUT2D eigenvalue weighted by Crippen LogP contribution is 2.40. The predicted octanol–water partition coefficient (Wildman–Crippen LogP) is 3.52. The van der Waals surface area contributed by atoms with E-state index < -0.39 is 22.2 Å². The summed E-state index contributed by atoms with van der Waals surface area (Å²) in [5.41, 5.74) is -0.802. The largest absolute Gasteiger partial charge is 0.367 e. The molecule has 0 unspecified atom stereocenters. The molecule has 0 radical (unpaired) electrons. The molecule has 1 aromatic heterocycles. The third kappa shape index (κ3) is 3.06. The Bertz CT molecular complexity index is 790. The van der Waals surface area contributed by atoms with Gasteiger partial charge in [-0.2, -0.15) is 4.98 Å². The number of rotatable bonds is 4. The van der Waals surface area contributed by atoms with E-state index in [1.807, 2.05) is 0 Å². The maximum absolute atomic E-state index is 14.1. The molecule has 0 spiro atoms. The summed E-state index contributed by atoms with van der Waals surface area (Å²) in [6, 6.07) is 1.51. The second-order valence-corrected chi connectivity index (χ2v) is 6.54. The number of aromatic nitrogens is 2. The smallest absolute Gasteiger partial charge is 0.275 e. The number of piperidine rings is 1. The van der Waals surface area contributed by atoms with Gasteiger partial charge in [0.2, 0.25) is 5.89 Å². The molecule has 25 heavy (non-hydrogen) atoms. The first-order chi connectivity index (χ1) is 12.0. The van der Waals surface area contributed by atoms with Crippen LogP contribution in [-0.2, 0) is 0 Å². The zero-order chi connectivity index (χ0) is 17.6. The van der Waals surface area contributed by atoms with Crippen molar-refractivity contribution in [2.24, 2.45) is 0 Å². The molecular formula is C16H16F2N4O3. The van der Waals surface area contributed by atoms with E-state index in [-0.39, 0.29) is 11.6 Å². The number of halogens is 2.